The third-order valence-electron chi connectivity index (χ3n) is 3.27. The molecule has 2 aromatic heterocycles. The van der Waals surface area contributed by atoms with E-state index in [2.05, 4.69) is 20.3 Å². The molecular formula is C17H14N4O. The second kappa shape index (κ2) is 6.13. The Morgan fingerprint density at radius 3 is 2.45 bits per heavy atom. The Labute approximate surface area is 128 Å². The quantitative estimate of drug-likeness (QED) is 0.804. The van der Waals surface area contributed by atoms with Crippen LogP contribution in [0.4, 0.5) is 5.82 Å². The number of pyridine rings is 1. The average Bonchev–Trinajstić information content (AvgIpc) is 2.57. The van der Waals surface area contributed by atoms with Crippen molar-refractivity contribution in [1.29, 1.82) is 0 Å². The minimum absolute atomic E-state index is 0.266. The molecule has 108 valence electrons. The zero-order valence-electron chi connectivity index (χ0n) is 12.0. The minimum Gasteiger partial charge on any atom is -0.306 e. The molecule has 0 aliphatic heterocycles. The molecule has 0 aliphatic carbocycles. The summed E-state index contributed by atoms with van der Waals surface area (Å²) < 4.78 is 0. The Morgan fingerprint density at radius 2 is 1.77 bits per heavy atom. The molecule has 2 heterocycles. The number of amides is 1. The van der Waals surface area contributed by atoms with Crippen LogP contribution in [0.25, 0.3) is 11.1 Å². The Kier molecular flexibility index (Phi) is 3.87. The van der Waals surface area contributed by atoms with Crippen LogP contribution in [0, 0.1) is 6.92 Å². The molecule has 0 spiro atoms. The first-order valence-corrected chi connectivity index (χ1v) is 6.83. The summed E-state index contributed by atoms with van der Waals surface area (Å²) in [6.45, 7) is 1.77. The molecule has 0 unspecified atom stereocenters. The van der Waals surface area contributed by atoms with Gasteiger partial charge in [0.15, 0.2) is 0 Å². The highest BCUT2D eigenvalue weighted by Gasteiger charge is 2.10. The number of benzene rings is 1. The largest absolute Gasteiger partial charge is 0.306 e. The van der Waals surface area contributed by atoms with Gasteiger partial charge in [0.2, 0.25) is 0 Å². The molecule has 3 rings (SSSR count). The highest BCUT2D eigenvalue weighted by atomic mass is 16.1. The molecule has 0 fully saturated rings. The summed E-state index contributed by atoms with van der Waals surface area (Å²) in [6.07, 6.45) is 4.65. The molecule has 0 atom stereocenters. The number of carbonyl (C=O) groups is 1. The number of carbonyl (C=O) groups excluding carboxylic acids is 1. The standard InChI is InChI=1S/C17H14N4O/c1-12-15(10-18-11-20-12)17(22)21-16-8-7-14(9-19-16)13-5-3-2-4-6-13/h2-11H,1H3,(H,19,21,22). The molecule has 1 aromatic carbocycles. The molecule has 0 radical (unpaired) electrons. The predicted molar refractivity (Wildman–Crippen MR) is 84.4 cm³/mol. The van der Waals surface area contributed by atoms with Gasteiger partial charge in [0, 0.05) is 18.0 Å². The number of hydrogen-bond acceptors (Lipinski definition) is 4. The van der Waals surface area contributed by atoms with Crippen LogP contribution in [0.2, 0.25) is 0 Å². The predicted octanol–water partition coefficient (Wildman–Crippen LogP) is 3.10. The second-order valence-corrected chi connectivity index (χ2v) is 4.77. The van der Waals surface area contributed by atoms with Crippen molar-refractivity contribution in [2.75, 3.05) is 5.32 Å². The summed E-state index contributed by atoms with van der Waals surface area (Å²) in [6, 6.07) is 13.6. The third kappa shape index (κ3) is 2.98. The van der Waals surface area contributed by atoms with Crippen molar-refractivity contribution in [2.24, 2.45) is 0 Å². The molecule has 0 saturated heterocycles. The molecule has 5 nitrogen and oxygen atoms in total. The highest BCUT2D eigenvalue weighted by molar-refractivity contribution is 6.04. The zero-order valence-corrected chi connectivity index (χ0v) is 12.0. The summed E-state index contributed by atoms with van der Waals surface area (Å²) in [5.41, 5.74) is 3.16. The van der Waals surface area contributed by atoms with Crippen molar-refractivity contribution in [1.82, 2.24) is 15.0 Å². The Bertz CT molecular complexity index is 785. The fourth-order valence-electron chi connectivity index (χ4n) is 2.07. The van der Waals surface area contributed by atoms with E-state index in [1.807, 2.05) is 36.4 Å². The second-order valence-electron chi connectivity index (χ2n) is 4.77. The van der Waals surface area contributed by atoms with Crippen molar-refractivity contribution in [3.63, 3.8) is 0 Å². The van der Waals surface area contributed by atoms with Crippen molar-refractivity contribution < 1.29 is 4.79 Å². The van der Waals surface area contributed by atoms with Crippen molar-refractivity contribution in [2.45, 2.75) is 6.92 Å². The monoisotopic (exact) mass is 290 g/mol. The third-order valence-corrected chi connectivity index (χ3v) is 3.27. The van der Waals surface area contributed by atoms with E-state index in [9.17, 15) is 4.79 Å². The molecule has 22 heavy (non-hydrogen) atoms. The normalized spacial score (nSPS) is 10.2. The smallest absolute Gasteiger partial charge is 0.260 e. The summed E-state index contributed by atoms with van der Waals surface area (Å²) in [5, 5.41) is 2.75. The first-order chi connectivity index (χ1) is 10.7. The van der Waals surface area contributed by atoms with Crippen molar-refractivity contribution in [3.05, 3.63) is 72.4 Å². The van der Waals surface area contributed by atoms with Gasteiger partial charge >= 0.3 is 0 Å². The van der Waals surface area contributed by atoms with E-state index >= 15 is 0 Å². The summed E-state index contributed by atoms with van der Waals surface area (Å²) in [5.74, 6) is 0.228. The molecule has 0 aliphatic rings. The Hall–Kier alpha value is -3.08. The number of nitrogens with one attached hydrogen (secondary N) is 1. The molecular weight excluding hydrogens is 276 g/mol. The van der Waals surface area contributed by atoms with Crippen LogP contribution >= 0.6 is 0 Å². The number of aryl methyl sites for hydroxylation is 1. The van der Waals surface area contributed by atoms with Crippen molar-refractivity contribution >= 4 is 11.7 Å². The van der Waals surface area contributed by atoms with Gasteiger partial charge in [-0.15, -0.1) is 0 Å². The van der Waals surface area contributed by atoms with Crippen LogP contribution < -0.4 is 5.32 Å². The van der Waals surface area contributed by atoms with Gasteiger partial charge in [-0.2, -0.15) is 0 Å². The van der Waals surface area contributed by atoms with Crippen LogP contribution in [-0.4, -0.2) is 20.9 Å². The van der Waals surface area contributed by atoms with Gasteiger partial charge < -0.3 is 5.32 Å². The minimum atomic E-state index is -0.266. The Balaban J connectivity index is 1.77. The van der Waals surface area contributed by atoms with E-state index in [1.165, 1.54) is 12.5 Å². The molecule has 1 N–H and O–H groups in total. The average molecular weight is 290 g/mol. The number of anilines is 1. The fraction of sp³-hybridized carbons (Fsp3) is 0.0588. The van der Waals surface area contributed by atoms with Gasteiger partial charge in [0.1, 0.15) is 12.1 Å². The lowest BCUT2D eigenvalue weighted by molar-refractivity contribution is 0.102. The number of hydrogen-bond donors (Lipinski definition) is 1. The number of nitrogens with zero attached hydrogens (tertiary/aromatic N) is 3. The Morgan fingerprint density at radius 1 is 0.955 bits per heavy atom. The molecule has 0 saturated carbocycles. The molecule has 3 aromatic rings. The van der Waals surface area contributed by atoms with Gasteiger partial charge in [-0.1, -0.05) is 30.3 Å². The SMILES string of the molecule is Cc1ncncc1C(=O)Nc1ccc(-c2ccccc2)cn1. The topological polar surface area (TPSA) is 67.8 Å². The van der Waals surface area contributed by atoms with E-state index in [1.54, 1.807) is 19.2 Å². The zero-order chi connectivity index (χ0) is 15.4. The molecule has 0 bridgehead atoms. The van der Waals surface area contributed by atoms with E-state index in [-0.39, 0.29) is 5.91 Å². The van der Waals surface area contributed by atoms with Gasteiger partial charge in [-0.3, -0.25) is 4.79 Å². The molecule has 5 heteroatoms. The lowest BCUT2D eigenvalue weighted by atomic mass is 10.1. The fourth-order valence-corrected chi connectivity index (χ4v) is 2.07. The first-order valence-electron chi connectivity index (χ1n) is 6.83. The summed E-state index contributed by atoms with van der Waals surface area (Å²) in [7, 11) is 0. The van der Waals surface area contributed by atoms with Gasteiger partial charge in [0.25, 0.3) is 5.91 Å². The molecule has 1 amide bonds. The summed E-state index contributed by atoms with van der Waals surface area (Å²) in [4.78, 5) is 24.3. The number of aromatic nitrogens is 3. The maximum Gasteiger partial charge on any atom is 0.260 e. The maximum absolute atomic E-state index is 12.2. The van der Waals surface area contributed by atoms with Crippen LogP contribution in [-0.2, 0) is 0 Å². The van der Waals surface area contributed by atoms with Gasteiger partial charge in [-0.05, 0) is 24.6 Å². The van der Waals surface area contributed by atoms with E-state index in [0.717, 1.165) is 11.1 Å². The van der Waals surface area contributed by atoms with Crippen molar-refractivity contribution in [3.8, 4) is 11.1 Å². The highest BCUT2D eigenvalue weighted by Crippen LogP contribution is 2.19. The van der Waals surface area contributed by atoms with Gasteiger partial charge in [0.05, 0.1) is 11.3 Å². The first kappa shape index (κ1) is 13.9. The maximum atomic E-state index is 12.2. The van der Waals surface area contributed by atoms with E-state index < -0.39 is 0 Å². The van der Waals surface area contributed by atoms with E-state index in [0.29, 0.717) is 17.1 Å². The van der Waals surface area contributed by atoms with Crippen LogP contribution in [0.3, 0.4) is 0 Å². The van der Waals surface area contributed by atoms with Crippen LogP contribution in [0.1, 0.15) is 16.1 Å². The lowest BCUT2D eigenvalue weighted by Gasteiger charge is -2.07. The van der Waals surface area contributed by atoms with E-state index in [4.69, 9.17) is 0 Å². The van der Waals surface area contributed by atoms with Crippen LogP contribution in [0.15, 0.2) is 61.2 Å². The van der Waals surface area contributed by atoms with Crippen LogP contribution in [0.5, 0.6) is 0 Å². The van der Waals surface area contributed by atoms with Gasteiger partial charge in [-0.25, -0.2) is 15.0 Å². The number of rotatable bonds is 3. The summed E-state index contributed by atoms with van der Waals surface area (Å²) >= 11 is 0. The lowest BCUT2D eigenvalue weighted by Crippen LogP contribution is -2.15.